The molecule has 0 atom stereocenters. The largest absolute Gasteiger partial charge is 0.333 e. The van der Waals surface area contributed by atoms with E-state index in [1.165, 1.54) is 11.3 Å². The summed E-state index contributed by atoms with van der Waals surface area (Å²) in [7, 11) is 0. The van der Waals surface area contributed by atoms with Crippen LogP contribution in [0.15, 0.2) is 46.6 Å². The van der Waals surface area contributed by atoms with Crippen LogP contribution in [0, 0.1) is 11.3 Å². The zero-order valence-electron chi connectivity index (χ0n) is 10.2. The van der Waals surface area contributed by atoms with Crippen LogP contribution in [0.2, 0.25) is 0 Å². The van der Waals surface area contributed by atoms with Crippen molar-refractivity contribution < 1.29 is 4.52 Å². The summed E-state index contributed by atoms with van der Waals surface area (Å²) in [4.78, 5) is 9.14. The summed E-state index contributed by atoms with van der Waals surface area (Å²) >= 11 is 1.52. The average Bonchev–Trinajstić information content (AvgIpc) is 3.16. The second-order valence-corrected chi connectivity index (χ2v) is 4.80. The van der Waals surface area contributed by atoms with E-state index in [1.807, 2.05) is 23.6 Å². The Bertz CT molecular complexity index is 769. The van der Waals surface area contributed by atoms with E-state index >= 15 is 0 Å². The Kier molecular flexibility index (Phi) is 3.35. The summed E-state index contributed by atoms with van der Waals surface area (Å²) in [6.45, 7) is 0. The first-order valence-corrected chi connectivity index (χ1v) is 6.64. The number of thiophene rings is 1. The highest BCUT2D eigenvalue weighted by Crippen LogP contribution is 2.24. The van der Waals surface area contributed by atoms with Gasteiger partial charge in [0.1, 0.15) is 11.6 Å². The van der Waals surface area contributed by atoms with Gasteiger partial charge in [-0.25, -0.2) is 0 Å². The van der Waals surface area contributed by atoms with Gasteiger partial charge in [-0.15, -0.1) is 11.3 Å². The normalized spacial score (nSPS) is 11.2. The molecule has 0 fully saturated rings. The lowest BCUT2D eigenvalue weighted by Gasteiger charge is -1.92. The number of nitriles is 1. The maximum atomic E-state index is 9.22. The van der Waals surface area contributed by atoms with E-state index in [1.54, 1.807) is 24.5 Å². The quantitative estimate of drug-likeness (QED) is 0.688. The minimum atomic E-state index is 0.208. The number of pyridine rings is 1. The lowest BCUT2D eigenvalue weighted by atomic mass is 10.2. The fourth-order valence-electron chi connectivity index (χ4n) is 1.61. The molecule has 6 heteroatoms. The molecule has 96 valence electrons. The van der Waals surface area contributed by atoms with E-state index in [4.69, 9.17) is 4.52 Å². The van der Waals surface area contributed by atoms with E-state index in [9.17, 15) is 5.26 Å². The third-order valence-corrected chi connectivity index (χ3v) is 3.38. The molecule has 0 saturated carbocycles. The van der Waals surface area contributed by atoms with Crippen molar-refractivity contribution in [1.82, 2.24) is 15.1 Å². The number of rotatable bonds is 3. The molecular weight excluding hydrogens is 272 g/mol. The molecule has 3 rings (SSSR count). The first kappa shape index (κ1) is 12.3. The van der Waals surface area contributed by atoms with Gasteiger partial charge in [0, 0.05) is 12.4 Å². The Morgan fingerprint density at radius 1 is 1.35 bits per heavy atom. The van der Waals surface area contributed by atoms with Crippen LogP contribution < -0.4 is 0 Å². The van der Waals surface area contributed by atoms with E-state index in [-0.39, 0.29) is 5.89 Å². The highest BCUT2D eigenvalue weighted by atomic mass is 32.1. The van der Waals surface area contributed by atoms with Crippen molar-refractivity contribution in [1.29, 1.82) is 5.26 Å². The van der Waals surface area contributed by atoms with Gasteiger partial charge in [-0.2, -0.15) is 10.2 Å². The minimum Gasteiger partial charge on any atom is -0.333 e. The molecule has 0 aliphatic heterocycles. The smallest absolute Gasteiger partial charge is 0.268 e. The Morgan fingerprint density at radius 3 is 3.00 bits per heavy atom. The van der Waals surface area contributed by atoms with Crippen LogP contribution in [-0.2, 0) is 0 Å². The number of hydrogen-bond donors (Lipinski definition) is 0. The zero-order valence-corrected chi connectivity index (χ0v) is 11.0. The molecule has 0 saturated heterocycles. The van der Waals surface area contributed by atoms with Gasteiger partial charge in [0.25, 0.3) is 5.89 Å². The number of aromatic nitrogens is 3. The fourth-order valence-corrected chi connectivity index (χ4v) is 2.26. The van der Waals surface area contributed by atoms with Gasteiger partial charge in [0.05, 0.1) is 4.88 Å². The van der Waals surface area contributed by atoms with Crippen LogP contribution in [0.3, 0.4) is 0 Å². The highest BCUT2D eigenvalue weighted by Gasteiger charge is 2.13. The Morgan fingerprint density at radius 2 is 2.30 bits per heavy atom. The molecule has 0 aliphatic carbocycles. The molecule has 0 spiro atoms. The van der Waals surface area contributed by atoms with E-state index in [2.05, 4.69) is 21.2 Å². The summed E-state index contributed by atoms with van der Waals surface area (Å²) in [5.41, 5.74) is 1.12. The molecule has 0 bridgehead atoms. The number of nitrogens with zero attached hydrogens (tertiary/aromatic N) is 4. The van der Waals surface area contributed by atoms with Crippen LogP contribution in [0.4, 0.5) is 0 Å². The SMILES string of the molecule is N#C/C(=C\c1cccnc1)c1nc(-c2cccs2)no1. The molecule has 3 aromatic rings. The van der Waals surface area contributed by atoms with Gasteiger partial charge < -0.3 is 4.52 Å². The second-order valence-electron chi connectivity index (χ2n) is 3.86. The van der Waals surface area contributed by atoms with Crippen molar-refractivity contribution in [2.75, 3.05) is 0 Å². The van der Waals surface area contributed by atoms with E-state index < -0.39 is 0 Å². The Balaban J connectivity index is 1.95. The maximum Gasteiger partial charge on any atom is 0.268 e. The average molecular weight is 280 g/mol. The molecule has 0 unspecified atom stereocenters. The molecule has 0 aromatic carbocycles. The maximum absolute atomic E-state index is 9.22. The van der Waals surface area contributed by atoms with Gasteiger partial charge >= 0.3 is 0 Å². The van der Waals surface area contributed by atoms with Gasteiger partial charge in [-0.05, 0) is 29.2 Å². The first-order chi connectivity index (χ1) is 9.86. The lowest BCUT2D eigenvalue weighted by molar-refractivity contribution is 0.409. The summed E-state index contributed by atoms with van der Waals surface area (Å²) in [5, 5.41) is 15.0. The lowest BCUT2D eigenvalue weighted by Crippen LogP contribution is -1.83. The fraction of sp³-hybridized carbons (Fsp3) is 0. The van der Waals surface area contributed by atoms with Crippen LogP contribution in [0.1, 0.15) is 11.5 Å². The predicted octanol–water partition coefficient (Wildman–Crippen LogP) is 3.26. The monoisotopic (exact) mass is 280 g/mol. The standard InChI is InChI=1S/C14H8N4OS/c15-8-11(7-10-3-1-5-16-9-10)14-17-13(18-19-14)12-4-2-6-20-12/h1-7,9H/b11-7+. The van der Waals surface area contributed by atoms with Crippen LogP contribution in [0.25, 0.3) is 22.4 Å². The second kappa shape index (κ2) is 5.47. The molecular formula is C14H8N4OS. The molecule has 3 heterocycles. The molecule has 0 aliphatic rings. The summed E-state index contributed by atoms with van der Waals surface area (Å²) < 4.78 is 5.15. The molecule has 0 radical (unpaired) electrons. The van der Waals surface area contributed by atoms with Crippen molar-refractivity contribution >= 4 is 23.0 Å². The van der Waals surface area contributed by atoms with Crippen molar-refractivity contribution in [3.05, 3.63) is 53.5 Å². The summed E-state index contributed by atoms with van der Waals surface area (Å²) in [6, 6.07) is 9.52. The molecule has 0 amide bonds. The van der Waals surface area contributed by atoms with Gasteiger partial charge in [-0.3, -0.25) is 4.98 Å². The van der Waals surface area contributed by atoms with Crippen LogP contribution >= 0.6 is 11.3 Å². The van der Waals surface area contributed by atoms with Crippen molar-refractivity contribution in [2.45, 2.75) is 0 Å². The third kappa shape index (κ3) is 2.48. The molecule has 0 N–H and O–H groups in total. The topological polar surface area (TPSA) is 75.6 Å². The Labute approximate surface area is 118 Å². The molecule has 5 nitrogen and oxygen atoms in total. The zero-order chi connectivity index (χ0) is 13.8. The minimum absolute atomic E-state index is 0.208. The highest BCUT2D eigenvalue weighted by molar-refractivity contribution is 7.13. The van der Waals surface area contributed by atoms with Crippen molar-refractivity contribution in [3.8, 4) is 16.8 Å². The van der Waals surface area contributed by atoms with Crippen LogP contribution in [-0.4, -0.2) is 15.1 Å². The van der Waals surface area contributed by atoms with Crippen molar-refractivity contribution in [2.24, 2.45) is 0 Å². The van der Waals surface area contributed by atoms with E-state index in [0.717, 1.165) is 10.4 Å². The first-order valence-electron chi connectivity index (χ1n) is 5.76. The molecule has 20 heavy (non-hydrogen) atoms. The summed E-state index contributed by atoms with van der Waals surface area (Å²) in [5.74, 6) is 0.696. The number of allylic oxidation sites excluding steroid dienone is 1. The Hall–Kier alpha value is -2.78. The number of hydrogen-bond acceptors (Lipinski definition) is 6. The van der Waals surface area contributed by atoms with Gasteiger partial charge in [-0.1, -0.05) is 17.3 Å². The van der Waals surface area contributed by atoms with Crippen molar-refractivity contribution in [3.63, 3.8) is 0 Å². The summed E-state index contributed by atoms with van der Waals surface area (Å²) in [6.07, 6.45) is 5.00. The third-order valence-electron chi connectivity index (χ3n) is 2.51. The predicted molar refractivity (Wildman–Crippen MR) is 75.3 cm³/mol. The molecule has 3 aromatic heterocycles. The van der Waals surface area contributed by atoms with E-state index in [0.29, 0.717) is 11.4 Å². The van der Waals surface area contributed by atoms with Gasteiger partial charge in [0.2, 0.25) is 5.82 Å². The van der Waals surface area contributed by atoms with Gasteiger partial charge in [0.15, 0.2) is 0 Å². The van der Waals surface area contributed by atoms with Crippen LogP contribution in [0.5, 0.6) is 0 Å².